The van der Waals surface area contributed by atoms with Crippen molar-refractivity contribution in [1.29, 1.82) is 0 Å². The van der Waals surface area contributed by atoms with E-state index >= 15 is 0 Å². The van der Waals surface area contributed by atoms with Crippen molar-refractivity contribution in [3.8, 4) is 0 Å². The van der Waals surface area contributed by atoms with Gasteiger partial charge in [0.1, 0.15) is 11.4 Å². The van der Waals surface area contributed by atoms with Crippen LogP contribution in [0.5, 0.6) is 0 Å². The summed E-state index contributed by atoms with van der Waals surface area (Å²) in [5, 5.41) is 10.7. The van der Waals surface area contributed by atoms with E-state index in [4.69, 9.17) is 9.15 Å². The zero-order valence-corrected chi connectivity index (χ0v) is 9.16. The van der Waals surface area contributed by atoms with E-state index in [-0.39, 0.29) is 12.2 Å². The van der Waals surface area contributed by atoms with Crippen LogP contribution in [-0.4, -0.2) is 18.8 Å². The monoisotopic (exact) mass is 224 g/mol. The van der Waals surface area contributed by atoms with Crippen LogP contribution in [0.3, 0.4) is 0 Å². The molecule has 0 amide bonds. The van der Waals surface area contributed by atoms with Gasteiger partial charge in [0, 0.05) is 12.5 Å². The normalized spacial score (nSPS) is 15.2. The minimum Gasteiger partial charge on any atom is -0.455 e. The minimum atomic E-state index is -1.25. The van der Waals surface area contributed by atoms with E-state index in [1.165, 1.54) is 13.2 Å². The first-order valence-corrected chi connectivity index (χ1v) is 4.94. The van der Waals surface area contributed by atoms with Crippen LogP contribution in [0.1, 0.15) is 12.7 Å². The summed E-state index contributed by atoms with van der Waals surface area (Å²) in [5.41, 5.74) is -1.09. The number of halogens is 1. The summed E-state index contributed by atoms with van der Waals surface area (Å²) < 4.78 is 23.6. The second-order valence-corrected chi connectivity index (χ2v) is 3.98. The Morgan fingerprint density at radius 1 is 1.50 bits per heavy atom. The van der Waals surface area contributed by atoms with Crippen LogP contribution in [0.15, 0.2) is 28.7 Å². The van der Waals surface area contributed by atoms with Crippen molar-refractivity contribution in [2.75, 3.05) is 13.7 Å². The number of ether oxygens (including phenoxy) is 1. The van der Waals surface area contributed by atoms with Gasteiger partial charge >= 0.3 is 0 Å². The average Bonchev–Trinajstić information content (AvgIpc) is 2.63. The first-order chi connectivity index (χ1) is 7.54. The Morgan fingerprint density at radius 2 is 2.25 bits per heavy atom. The number of hydrogen-bond acceptors (Lipinski definition) is 3. The maximum atomic E-state index is 13.4. The molecule has 0 radical (unpaired) electrons. The second-order valence-electron chi connectivity index (χ2n) is 3.98. The van der Waals surface area contributed by atoms with E-state index in [0.717, 1.165) is 0 Å². The molecule has 1 heterocycles. The molecule has 3 nitrogen and oxygen atoms in total. The number of furan rings is 1. The minimum absolute atomic E-state index is 0.0917. The number of aliphatic hydroxyl groups is 1. The summed E-state index contributed by atoms with van der Waals surface area (Å²) >= 11 is 0. The summed E-state index contributed by atoms with van der Waals surface area (Å²) in [6.45, 7) is 1.65. The molecule has 0 saturated carbocycles. The number of fused-ring (bicyclic) bond motifs is 1. The Balaban J connectivity index is 2.51. The average molecular weight is 224 g/mol. The molecule has 16 heavy (non-hydrogen) atoms. The Kier molecular flexibility index (Phi) is 2.69. The Labute approximate surface area is 92.4 Å². The van der Waals surface area contributed by atoms with E-state index in [9.17, 15) is 9.50 Å². The third-order valence-electron chi connectivity index (χ3n) is 2.45. The number of benzene rings is 1. The molecule has 1 unspecified atom stereocenters. The first kappa shape index (κ1) is 11.1. The topological polar surface area (TPSA) is 42.6 Å². The molecule has 1 aromatic heterocycles. The van der Waals surface area contributed by atoms with Crippen LogP contribution in [0.25, 0.3) is 11.0 Å². The highest BCUT2D eigenvalue weighted by atomic mass is 19.1. The molecule has 0 saturated heterocycles. The predicted molar refractivity (Wildman–Crippen MR) is 57.6 cm³/mol. The van der Waals surface area contributed by atoms with Crippen LogP contribution in [0.2, 0.25) is 0 Å². The van der Waals surface area contributed by atoms with Gasteiger partial charge in [-0.15, -0.1) is 0 Å². The molecule has 1 atom stereocenters. The zero-order valence-electron chi connectivity index (χ0n) is 9.16. The summed E-state index contributed by atoms with van der Waals surface area (Å²) in [7, 11) is 1.48. The zero-order chi connectivity index (χ0) is 11.8. The molecule has 0 bridgehead atoms. The van der Waals surface area contributed by atoms with E-state index in [2.05, 4.69) is 0 Å². The lowest BCUT2D eigenvalue weighted by Gasteiger charge is -2.18. The summed E-state index contributed by atoms with van der Waals surface area (Å²) in [6, 6.07) is 6.27. The van der Waals surface area contributed by atoms with Crippen LogP contribution < -0.4 is 0 Å². The molecule has 1 aromatic carbocycles. The molecule has 0 aliphatic carbocycles. The highest BCUT2D eigenvalue weighted by Gasteiger charge is 2.27. The van der Waals surface area contributed by atoms with Gasteiger partial charge in [-0.25, -0.2) is 4.39 Å². The maximum absolute atomic E-state index is 13.4. The smallest absolute Gasteiger partial charge is 0.170 e. The van der Waals surface area contributed by atoms with Gasteiger partial charge in [0.15, 0.2) is 11.4 Å². The lowest BCUT2D eigenvalue weighted by Crippen LogP contribution is -2.26. The van der Waals surface area contributed by atoms with Crippen molar-refractivity contribution in [2.24, 2.45) is 0 Å². The highest BCUT2D eigenvalue weighted by molar-refractivity contribution is 5.78. The fraction of sp³-hybridized carbons (Fsp3) is 0.333. The third-order valence-corrected chi connectivity index (χ3v) is 2.45. The molecule has 4 heteroatoms. The lowest BCUT2D eigenvalue weighted by atomic mass is 10.1. The van der Waals surface area contributed by atoms with Crippen LogP contribution in [0.4, 0.5) is 4.39 Å². The molecule has 0 spiro atoms. The van der Waals surface area contributed by atoms with E-state index in [1.807, 2.05) is 0 Å². The number of rotatable bonds is 3. The highest BCUT2D eigenvalue weighted by Crippen LogP contribution is 2.29. The van der Waals surface area contributed by atoms with Gasteiger partial charge in [-0.3, -0.25) is 0 Å². The molecule has 86 valence electrons. The largest absolute Gasteiger partial charge is 0.455 e. The molecule has 2 aromatic rings. The molecular formula is C12H13FO3. The van der Waals surface area contributed by atoms with Crippen molar-refractivity contribution in [1.82, 2.24) is 0 Å². The first-order valence-electron chi connectivity index (χ1n) is 4.94. The van der Waals surface area contributed by atoms with Crippen molar-refractivity contribution >= 4 is 11.0 Å². The van der Waals surface area contributed by atoms with Gasteiger partial charge in [0.2, 0.25) is 0 Å². The van der Waals surface area contributed by atoms with E-state index in [0.29, 0.717) is 11.1 Å². The number of hydrogen-bond donors (Lipinski definition) is 1. The summed E-state index contributed by atoms with van der Waals surface area (Å²) in [6.07, 6.45) is 0. The number of methoxy groups -OCH3 is 1. The Morgan fingerprint density at radius 3 is 2.88 bits per heavy atom. The van der Waals surface area contributed by atoms with Gasteiger partial charge in [0.05, 0.1) is 6.61 Å². The van der Waals surface area contributed by atoms with Gasteiger partial charge < -0.3 is 14.3 Å². The molecule has 1 N–H and O–H groups in total. The molecule has 2 rings (SSSR count). The number of para-hydroxylation sites is 1. The van der Waals surface area contributed by atoms with Crippen LogP contribution in [-0.2, 0) is 10.3 Å². The molecule has 0 aliphatic heterocycles. The van der Waals surface area contributed by atoms with Crippen molar-refractivity contribution in [2.45, 2.75) is 12.5 Å². The van der Waals surface area contributed by atoms with Crippen LogP contribution >= 0.6 is 0 Å². The molecule has 0 aliphatic rings. The third kappa shape index (κ3) is 1.81. The second kappa shape index (κ2) is 3.88. The van der Waals surface area contributed by atoms with Gasteiger partial charge in [-0.05, 0) is 19.1 Å². The fourth-order valence-corrected chi connectivity index (χ4v) is 1.65. The van der Waals surface area contributed by atoms with E-state index < -0.39 is 11.4 Å². The SMILES string of the molecule is COCC(C)(O)c1cc2cccc(F)c2o1. The van der Waals surface area contributed by atoms with Crippen LogP contribution in [0, 0.1) is 5.82 Å². The summed E-state index contributed by atoms with van der Waals surface area (Å²) in [5.74, 6) is -0.133. The van der Waals surface area contributed by atoms with Crippen molar-refractivity contribution in [3.63, 3.8) is 0 Å². The van der Waals surface area contributed by atoms with Gasteiger partial charge in [-0.1, -0.05) is 12.1 Å². The van der Waals surface area contributed by atoms with Gasteiger partial charge in [0.25, 0.3) is 0 Å². The predicted octanol–water partition coefficient (Wildman–Crippen LogP) is 2.43. The van der Waals surface area contributed by atoms with Crippen molar-refractivity contribution in [3.05, 3.63) is 35.8 Å². The van der Waals surface area contributed by atoms with E-state index in [1.54, 1.807) is 25.1 Å². The molecular weight excluding hydrogens is 211 g/mol. The fourth-order valence-electron chi connectivity index (χ4n) is 1.65. The molecule has 0 fully saturated rings. The Hall–Kier alpha value is -1.39. The lowest BCUT2D eigenvalue weighted by molar-refractivity contribution is -0.0350. The summed E-state index contributed by atoms with van der Waals surface area (Å²) in [4.78, 5) is 0. The van der Waals surface area contributed by atoms with Crippen molar-refractivity contribution < 1.29 is 18.7 Å². The quantitative estimate of drug-likeness (QED) is 0.870. The standard InChI is InChI=1S/C12H13FO3/c1-12(14,7-15-2)10-6-8-4-3-5-9(13)11(8)16-10/h3-6,14H,7H2,1-2H3. The van der Waals surface area contributed by atoms with Gasteiger partial charge in [-0.2, -0.15) is 0 Å². The Bertz CT molecular complexity index is 502. The maximum Gasteiger partial charge on any atom is 0.170 e.